The summed E-state index contributed by atoms with van der Waals surface area (Å²) in [6.45, 7) is 2.39. The van der Waals surface area contributed by atoms with Gasteiger partial charge in [0, 0.05) is 11.1 Å². The van der Waals surface area contributed by atoms with Crippen LogP contribution in [0.3, 0.4) is 0 Å². The minimum absolute atomic E-state index is 0.0463. The van der Waals surface area contributed by atoms with Gasteiger partial charge < -0.3 is 5.32 Å². The van der Waals surface area contributed by atoms with Crippen molar-refractivity contribution in [1.29, 1.82) is 0 Å². The first-order chi connectivity index (χ1) is 15.1. The first-order valence-corrected chi connectivity index (χ1v) is 11.0. The van der Waals surface area contributed by atoms with Crippen molar-refractivity contribution in [3.05, 3.63) is 94.7 Å². The zero-order chi connectivity index (χ0) is 21.6. The van der Waals surface area contributed by atoms with E-state index in [-0.39, 0.29) is 18.4 Å². The summed E-state index contributed by atoms with van der Waals surface area (Å²) in [5.74, 6) is -0.399. The molecule has 4 rings (SSSR count). The van der Waals surface area contributed by atoms with E-state index in [1.807, 2.05) is 60.7 Å². The van der Waals surface area contributed by atoms with Gasteiger partial charge in [-0.05, 0) is 47.9 Å². The molecule has 1 N–H and O–H groups in total. The van der Waals surface area contributed by atoms with E-state index in [1.165, 1.54) is 17.3 Å². The van der Waals surface area contributed by atoms with Gasteiger partial charge in [0.05, 0.1) is 22.8 Å². The molecular formula is C25H23N3O2S. The summed E-state index contributed by atoms with van der Waals surface area (Å²) in [5, 5.41) is 2.85. The Labute approximate surface area is 186 Å². The molecule has 0 fully saturated rings. The van der Waals surface area contributed by atoms with Crippen LogP contribution in [0, 0.1) is 0 Å². The Morgan fingerprint density at radius 2 is 1.84 bits per heavy atom. The topological polar surface area (TPSA) is 62.3 Å². The summed E-state index contributed by atoms with van der Waals surface area (Å²) in [6, 6.07) is 21.4. The maximum absolute atomic E-state index is 13.3. The maximum Gasteiger partial charge on any atom is 0.265 e. The van der Waals surface area contributed by atoms with Crippen molar-refractivity contribution < 1.29 is 9.59 Å². The third-order valence-corrected chi connectivity index (χ3v) is 6.09. The molecule has 31 heavy (non-hydrogen) atoms. The normalized spacial score (nSPS) is 14.4. The van der Waals surface area contributed by atoms with Crippen LogP contribution in [0.5, 0.6) is 0 Å². The van der Waals surface area contributed by atoms with Gasteiger partial charge in [0.1, 0.15) is 6.54 Å². The lowest BCUT2D eigenvalue weighted by atomic mass is 10.1. The average Bonchev–Trinajstić information content (AvgIpc) is 2.81. The molecule has 1 aliphatic rings. The van der Waals surface area contributed by atoms with Gasteiger partial charge in [0.25, 0.3) is 5.91 Å². The summed E-state index contributed by atoms with van der Waals surface area (Å²) in [5.41, 5.74) is 3.74. The van der Waals surface area contributed by atoms with Crippen LogP contribution in [0.2, 0.25) is 0 Å². The third-order valence-electron chi connectivity index (χ3n) is 5.01. The quantitative estimate of drug-likeness (QED) is 0.589. The zero-order valence-corrected chi connectivity index (χ0v) is 18.1. The number of carbonyl (C=O) groups is 2. The number of benzene rings is 2. The van der Waals surface area contributed by atoms with Crippen LogP contribution in [0.1, 0.15) is 23.7 Å². The molecule has 1 aromatic heterocycles. The molecule has 2 amide bonds. The summed E-state index contributed by atoms with van der Waals surface area (Å²) in [4.78, 5) is 33.2. The van der Waals surface area contributed by atoms with Crippen molar-refractivity contribution in [3.8, 4) is 0 Å². The number of pyridine rings is 1. The Kier molecular flexibility index (Phi) is 6.48. The Morgan fingerprint density at radius 3 is 2.58 bits per heavy atom. The van der Waals surface area contributed by atoms with Gasteiger partial charge in [-0.1, -0.05) is 61.2 Å². The Balaban J connectivity index is 1.54. The molecule has 0 spiro atoms. The number of nitrogens with zero attached hydrogens (tertiary/aromatic N) is 2. The Hall–Kier alpha value is -3.38. The van der Waals surface area contributed by atoms with Gasteiger partial charge >= 0.3 is 0 Å². The molecule has 3 aromatic rings. The van der Waals surface area contributed by atoms with Gasteiger partial charge in [-0.25, -0.2) is 0 Å². The molecule has 6 heteroatoms. The molecule has 2 heterocycles. The lowest BCUT2D eigenvalue weighted by Gasteiger charge is -2.29. The van der Waals surface area contributed by atoms with E-state index in [0.29, 0.717) is 11.4 Å². The van der Waals surface area contributed by atoms with E-state index in [4.69, 9.17) is 0 Å². The molecule has 0 aliphatic carbocycles. The summed E-state index contributed by atoms with van der Waals surface area (Å²) in [7, 11) is 0. The highest BCUT2D eigenvalue weighted by Gasteiger charge is 2.30. The molecule has 1 aliphatic heterocycles. The largest absolute Gasteiger partial charge is 0.349 e. The number of amides is 2. The number of carbonyl (C=O) groups excluding carboxylic acids is 2. The van der Waals surface area contributed by atoms with Crippen LogP contribution in [-0.2, 0) is 22.6 Å². The van der Waals surface area contributed by atoms with Crippen LogP contribution >= 0.6 is 11.8 Å². The number of nitrogens with one attached hydrogen (secondary N) is 1. The fraction of sp³-hybridized carbons (Fsp3) is 0.160. The lowest BCUT2D eigenvalue weighted by molar-refractivity contribution is -0.122. The van der Waals surface area contributed by atoms with Crippen molar-refractivity contribution in [2.24, 2.45) is 0 Å². The number of thioether (sulfide) groups is 1. The van der Waals surface area contributed by atoms with Crippen LogP contribution in [0.15, 0.2) is 82.7 Å². The summed E-state index contributed by atoms with van der Waals surface area (Å²) in [6.07, 6.45) is 4.55. The first-order valence-electron chi connectivity index (χ1n) is 10.2. The molecule has 0 unspecified atom stereocenters. The van der Waals surface area contributed by atoms with Crippen LogP contribution in [0.25, 0.3) is 6.08 Å². The van der Waals surface area contributed by atoms with E-state index in [2.05, 4.69) is 29.4 Å². The Morgan fingerprint density at radius 1 is 1.06 bits per heavy atom. The summed E-state index contributed by atoms with van der Waals surface area (Å²) < 4.78 is 0. The van der Waals surface area contributed by atoms with Crippen molar-refractivity contribution in [2.75, 3.05) is 11.4 Å². The fourth-order valence-corrected chi connectivity index (χ4v) is 4.37. The van der Waals surface area contributed by atoms with Crippen LogP contribution in [0.4, 0.5) is 5.69 Å². The van der Waals surface area contributed by atoms with E-state index in [9.17, 15) is 9.59 Å². The SMILES string of the molecule is CCc1ccc(/C=C2/Sc3ccccc3N(CC(=O)NCc3ccccn3)C2=O)cc1. The standard InChI is InChI=1S/C25H23N3O2S/c1-2-18-10-12-19(13-11-18)15-23-25(30)28(21-8-3-4-9-22(21)31-23)17-24(29)27-16-20-7-5-6-14-26-20/h3-15H,2,16-17H2,1H3,(H,27,29)/b23-15+. The fourth-order valence-electron chi connectivity index (χ4n) is 3.31. The number of hydrogen-bond donors (Lipinski definition) is 1. The average molecular weight is 430 g/mol. The molecule has 0 bridgehead atoms. The third kappa shape index (κ3) is 5.03. The minimum Gasteiger partial charge on any atom is -0.349 e. The lowest BCUT2D eigenvalue weighted by Crippen LogP contribution is -2.42. The second kappa shape index (κ2) is 9.62. The van der Waals surface area contributed by atoms with Gasteiger partial charge in [-0.3, -0.25) is 19.5 Å². The number of hydrogen-bond acceptors (Lipinski definition) is 4. The molecule has 156 valence electrons. The van der Waals surface area contributed by atoms with Crippen molar-refractivity contribution >= 4 is 35.3 Å². The second-order valence-electron chi connectivity index (χ2n) is 7.16. The number of fused-ring (bicyclic) bond motifs is 1. The number of aromatic nitrogens is 1. The van der Waals surface area contributed by atoms with Crippen molar-refractivity contribution in [3.63, 3.8) is 0 Å². The molecule has 0 radical (unpaired) electrons. The van der Waals surface area contributed by atoms with Crippen LogP contribution in [-0.4, -0.2) is 23.3 Å². The van der Waals surface area contributed by atoms with Gasteiger partial charge in [0.15, 0.2) is 0 Å². The van der Waals surface area contributed by atoms with Gasteiger partial charge in [0.2, 0.25) is 5.91 Å². The van der Waals surface area contributed by atoms with E-state index in [0.717, 1.165) is 28.3 Å². The monoisotopic (exact) mass is 429 g/mol. The molecule has 5 nitrogen and oxygen atoms in total. The van der Waals surface area contributed by atoms with Crippen molar-refractivity contribution in [1.82, 2.24) is 10.3 Å². The van der Waals surface area contributed by atoms with Crippen molar-refractivity contribution in [2.45, 2.75) is 24.8 Å². The number of rotatable bonds is 6. The maximum atomic E-state index is 13.3. The van der Waals surface area contributed by atoms with E-state index >= 15 is 0 Å². The van der Waals surface area contributed by atoms with Gasteiger partial charge in [-0.2, -0.15) is 0 Å². The van der Waals surface area contributed by atoms with E-state index < -0.39 is 0 Å². The predicted molar refractivity (Wildman–Crippen MR) is 125 cm³/mol. The summed E-state index contributed by atoms with van der Waals surface area (Å²) >= 11 is 1.44. The number of para-hydroxylation sites is 1. The van der Waals surface area contributed by atoms with Gasteiger partial charge in [-0.15, -0.1) is 0 Å². The second-order valence-corrected chi connectivity index (χ2v) is 8.25. The molecular weight excluding hydrogens is 406 g/mol. The predicted octanol–water partition coefficient (Wildman–Crippen LogP) is 4.44. The smallest absolute Gasteiger partial charge is 0.265 e. The zero-order valence-electron chi connectivity index (χ0n) is 17.2. The molecule has 0 saturated heterocycles. The minimum atomic E-state index is -0.229. The highest BCUT2D eigenvalue weighted by molar-refractivity contribution is 8.04. The highest BCUT2D eigenvalue weighted by atomic mass is 32.2. The highest BCUT2D eigenvalue weighted by Crippen LogP contribution is 2.41. The number of aryl methyl sites for hydroxylation is 1. The first kappa shape index (κ1) is 20.9. The molecule has 2 aromatic carbocycles. The van der Waals surface area contributed by atoms with E-state index in [1.54, 1.807) is 11.1 Å². The molecule has 0 saturated carbocycles. The number of anilines is 1. The Bertz CT molecular complexity index is 1110. The van der Waals surface area contributed by atoms with Crippen LogP contribution < -0.4 is 10.2 Å². The molecule has 0 atom stereocenters.